The van der Waals surface area contributed by atoms with E-state index in [1.54, 1.807) is 35.0 Å². The number of fused-ring (bicyclic) bond motifs is 1. The van der Waals surface area contributed by atoms with E-state index in [2.05, 4.69) is 43.0 Å². The van der Waals surface area contributed by atoms with E-state index in [1.165, 1.54) is 22.5 Å². The van der Waals surface area contributed by atoms with Gasteiger partial charge in [0.25, 0.3) is 5.56 Å². The number of rotatable bonds is 5. The van der Waals surface area contributed by atoms with Crippen LogP contribution in [0.4, 0.5) is 0 Å². The van der Waals surface area contributed by atoms with E-state index in [0.29, 0.717) is 18.4 Å². The summed E-state index contributed by atoms with van der Waals surface area (Å²) in [5.74, 6) is 5.43. The minimum Gasteiger partial charge on any atom is -0.478 e. The number of hydrogen-bond acceptors (Lipinski definition) is 3. The number of benzene rings is 2. The summed E-state index contributed by atoms with van der Waals surface area (Å²) in [6.45, 7) is 2.53. The molecule has 2 aromatic heterocycles. The molecule has 0 saturated carbocycles. The van der Waals surface area contributed by atoms with Gasteiger partial charge < -0.3 is 9.67 Å². The third kappa shape index (κ3) is 4.76. The number of aromatic nitrogens is 1. The Morgan fingerprint density at radius 3 is 2.35 bits per heavy atom. The highest BCUT2D eigenvalue weighted by Crippen LogP contribution is 2.22. The Kier molecular flexibility index (Phi) is 6.01. The zero-order valence-corrected chi connectivity index (χ0v) is 17.9. The van der Waals surface area contributed by atoms with Crippen LogP contribution >= 0.6 is 11.3 Å². The first-order valence-corrected chi connectivity index (χ1v) is 10.9. The largest absolute Gasteiger partial charge is 0.478 e. The Bertz CT molecular complexity index is 1350. The Morgan fingerprint density at radius 2 is 1.68 bits per heavy atom. The van der Waals surface area contributed by atoms with Gasteiger partial charge in [-0.1, -0.05) is 55.2 Å². The molecule has 31 heavy (non-hydrogen) atoms. The molecular weight excluding hydrogens is 406 g/mol. The van der Waals surface area contributed by atoms with Gasteiger partial charge in [-0.2, -0.15) is 0 Å². The SMILES string of the molecule is CCc1ccc(CC#Cc2cc3c(=O)n(Cc4ccc(C(=O)O)cc4)ccc3s2)cc1. The first-order valence-electron chi connectivity index (χ1n) is 10.1. The lowest BCUT2D eigenvalue weighted by molar-refractivity contribution is 0.0697. The molecule has 5 heteroatoms. The van der Waals surface area contributed by atoms with E-state index in [9.17, 15) is 9.59 Å². The number of hydrogen-bond donors (Lipinski definition) is 1. The Hall–Kier alpha value is -3.62. The smallest absolute Gasteiger partial charge is 0.335 e. The highest BCUT2D eigenvalue weighted by Gasteiger charge is 2.08. The monoisotopic (exact) mass is 427 g/mol. The first kappa shape index (κ1) is 20.6. The highest BCUT2D eigenvalue weighted by molar-refractivity contribution is 7.19. The lowest BCUT2D eigenvalue weighted by Gasteiger charge is -2.06. The predicted octanol–water partition coefficient (Wildman–Crippen LogP) is 4.97. The van der Waals surface area contributed by atoms with Crippen LogP contribution in [0.3, 0.4) is 0 Å². The molecule has 0 unspecified atom stereocenters. The van der Waals surface area contributed by atoms with Crippen molar-refractivity contribution in [2.24, 2.45) is 0 Å². The average Bonchev–Trinajstić information content (AvgIpc) is 3.20. The second-order valence-corrected chi connectivity index (χ2v) is 8.37. The van der Waals surface area contributed by atoms with Crippen LogP contribution in [0.2, 0.25) is 0 Å². The van der Waals surface area contributed by atoms with Crippen molar-refractivity contribution in [2.75, 3.05) is 0 Å². The zero-order valence-electron chi connectivity index (χ0n) is 17.1. The number of aryl methyl sites for hydroxylation is 1. The van der Waals surface area contributed by atoms with Gasteiger partial charge in [-0.05, 0) is 47.4 Å². The number of thiophene rings is 1. The van der Waals surface area contributed by atoms with Crippen molar-refractivity contribution in [3.63, 3.8) is 0 Å². The Morgan fingerprint density at radius 1 is 1.00 bits per heavy atom. The van der Waals surface area contributed by atoms with Crippen molar-refractivity contribution >= 4 is 27.4 Å². The van der Waals surface area contributed by atoms with Crippen LogP contribution in [0, 0.1) is 11.8 Å². The van der Waals surface area contributed by atoms with Crippen molar-refractivity contribution in [3.8, 4) is 11.8 Å². The second kappa shape index (κ2) is 9.03. The molecule has 4 nitrogen and oxygen atoms in total. The summed E-state index contributed by atoms with van der Waals surface area (Å²) in [5, 5.41) is 9.67. The van der Waals surface area contributed by atoms with Gasteiger partial charge in [-0.3, -0.25) is 4.79 Å². The molecule has 4 aromatic rings. The average molecular weight is 428 g/mol. The van der Waals surface area contributed by atoms with Gasteiger partial charge in [0, 0.05) is 17.3 Å². The quantitative estimate of drug-likeness (QED) is 0.458. The lowest BCUT2D eigenvalue weighted by atomic mass is 10.1. The van der Waals surface area contributed by atoms with Gasteiger partial charge in [0.2, 0.25) is 0 Å². The van der Waals surface area contributed by atoms with E-state index >= 15 is 0 Å². The van der Waals surface area contributed by atoms with Gasteiger partial charge >= 0.3 is 5.97 Å². The molecule has 0 aliphatic carbocycles. The minimum atomic E-state index is -0.963. The summed E-state index contributed by atoms with van der Waals surface area (Å²) in [7, 11) is 0. The van der Waals surface area contributed by atoms with Gasteiger partial charge in [-0.25, -0.2) is 4.79 Å². The van der Waals surface area contributed by atoms with Gasteiger partial charge in [0.15, 0.2) is 0 Å². The van der Waals surface area contributed by atoms with Crippen LogP contribution in [-0.2, 0) is 19.4 Å². The molecule has 0 atom stereocenters. The fourth-order valence-corrected chi connectivity index (χ4v) is 4.26. The predicted molar refractivity (Wildman–Crippen MR) is 125 cm³/mol. The number of carboxylic acid groups (broad SMARTS) is 1. The maximum atomic E-state index is 12.9. The third-order valence-corrected chi connectivity index (χ3v) is 6.16. The summed E-state index contributed by atoms with van der Waals surface area (Å²) in [5.41, 5.74) is 3.53. The summed E-state index contributed by atoms with van der Waals surface area (Å²) in [4.78, 5) is 24.8. The Balaban J connectivity index is 1.52. The first-order chi connectivity index (χ1) is 15.0. The fourth-order valence-electron chi connectivity index (χ4n) is 3.34. The van der Waals surface area contributed by atoms with Crippen LogP contribution in [0.25, 0.3) is 10.1 Å². The van der Waals surface area contributed by atoms with Crippen LogP contribution < -0.4 is 5.56 Å². The fraction of sp³-hybridized carbons (Fsp3) is 0.154. The van der Waals surface area contributed by atoms with Crippen molar-refractivity contribution in [3.05, 3.63) is 104 Å². The Labute approximate surface area is 184 Å². The minimum absolute atomic E-state index is 0.0701. The molecule has 1 N–H and O–H groups in total. The number of carboxylic acids is 1. The van der Waals surface area contributed by atoms with Gasteiger partial charge in [0.1, 0.15) is 0 Å². The lowest BCUT2D eigenvalue weighted by Crippen LogP contribution is -2.19. The summed E-state index contributed by atoms with van der Waals surface area (Å²) in [6, 6.07) is 18.9. The van der Waals surface area contributed by atoms with E-state index in [1.807, 2.05) is 12.1 Å². The number of aromatic carboxylic acids is 1. The number of nitrogens with zero attached hydrogens (tertiary/aromatic N) is 1. The second-order valence-electron chi connectivity index (χ2n) is 7.29. The molecule has 0 aliphatic heterocycles. The highest BCUT2D eigenvalue weighted by atomic mass is 32.1. The maximum absolute atomic E-state index is 12.9. The van der Waals surface area contributed by atoms with Crippen molar-refractivity contribution in [1.82, 2.24) is 4.57 Å². The summed E-state index contributed by atoms with van der Waals surface area (Å²) in [6.07, 6.45) is 3.48. The van der Waals surface area contributed by atoms with Gasteiger partial charge in [-0.15, -0.1) is 11.3 Å². The normalized spacial score (nSPS) is 10.6. The van der Waals surface area contributed by atoms with Crippen LogP contribution in [0.5, 0.6) is 0 Å². The number of carbonyl (C=O) groups is 1. The van der Waals surface area contributed by atoms with E-state index in [-0.39, 0.29) is 11.1 Å². The van der Waals surface area contributed by atoms with E-state index < -0.39 is 5.97 Å². The van der Waals surface area contributed by atoms with Crippen molar-refractivity contribution < 1.29 is 9.90 Å². The molecule has 0 saturated heterocycles. The molecule has 0 aliphatic rings. The van der Waals surface area contributed by atoms with Crippen LogP contribution in [0.1, 0.15) is 38.8 Å². The molecule has 2 aromatic carbocycles. The molecule has 0 amide bonds. The molecule has 0 bridgehead atoms. The van der Waals surface area contributed by atoms with E-state index in [0.717, 1.165) is 21.6 Å². The van der Waals surface area contributed by atoms with E-state index in [4.69, 9.17) is 5.11 Å². The summed E-state index contributed by atoms with van der Waals surface area (Å²) >= 11 is 1.52. The molecular formula is C26H21NO3S. The van der Waals surface area contributed by atoms with Crippen molar-refractivity contribution in [1.29, 1.82) is 0 Å². The molecule has 0 radical (unpaired) electrons. The zero-order chi connectivity index (χ0) is 21.8. The topological polar surface area (TPSA) is 59.3 Å². The summed E-state index contributed by atoms with van der Waals surface area (Å²) < 4.78 is 2.55. The molecule has 4 rings (SSSR count). The molecule has 154 valence electrons. The molecule has 0 spiro atoms. The standard InChI is InChI=1S/C26H21NO3S/c1-2-18-6-8-19(9-7-18)4-3-5-22-16-23-24(31-22)14-15-27(25(23)28)17-20-10-12-21(13-11-20)26(29)30/h6-16H,2,4,17H2,1H3,(H,29,30). The third-order valence-electron chi connectivity index (χ3n) is 5.15. The van der Waals surface area contributed by atoms with Crippen molar-refractivity contribution in [2.45, 2.75) is 26.3 Å². The maximum Gasteiger partial charge on any atom is 0.335 e. The number of pyridine rings is 1. The molecule has 0 fully saturated rings. The van der Waals surface area contributed by atoms with Crippen LogP contribution in [0.15, 0.2) is 71.7 Å². The molecule has 2 heterocycles. The van der Waals surface area contributed by atoms with Gasteiger partial charge in [0.05, 0.1) is 22.4 Å². The van der Waals surface area contributed by atoms with Crippen LogP contribution in [-0.4, -0.2) is 15.6 Å².